The third kappa shape index (κ3) is 5.89. The van der Waals surface area contributed by atoms with Crippen LogP contribution in [0.15, 0.2) is 39.5 Å². The van der Waals surface area contributed by atoms with E-state index < -0.39 is 0 Å². The lowest BCUT2D eigenvalue weighted by molar-refractivity contribution is 0.722. The molecule has 0 bridgehead atoms. The molecular weight excluding hydrogens is 380 g/mol. The van der Waals surface area contributed by atoms with Gasteiger partial charge in [-0.1, -0.05) is 37.1 Å². The summed E-state index contributed by atoms with van der Waals surface area (Å²) in [4.78, 5) is 5.02. The van der Waals surface area contributed by atoms with Crippen molar-refractivity contribution in [3.63, 3.8) is 0 Å². The number of hydrogen-bond acceptors (Lipinski definition) is 3. The summed E-state index contributed by atoms with van der Waals surface area (Å²) < 4.78 is 2.32. The molecule has 29 heavy (non-hydrogen) atoms. The van der Waals surface area contributed by atoms with E-state index in [1.165, 1.54) is 22.5 Å². The van der Waals surface area contributed by atoms with E-state index in [-0.39, 0.29) is 0 Å². The molecule has 0 N–H and O–H groups in total. The van der Waals surface area contributed by atoms with Crippen LogP contribution in [0.5, 0.6) is 0 Å². The Kier molecular flexibility index (Phi) is 8.39. The summed E-state index contributed by atoms with van der Waals surface area (Å²) >= 11 is 6.14. The first-order valence-electron chi connectivity index (χ1n) is 10.3. The van der Waals surface area contributed by atoms with Crippen LogP contribution in [-0.4, -0.2) is 28.2 Å². The van der Waals surface area contributed by atoms with Crippen molar-refractivity contribution >= 4 is 28.7 Å². The number of unbranched alkanes of at least 4 members (excludes halogenated alkanes) is 1. The Labute approximate surface area is 180 Å². The smallest absolute Gasteiger partial charge is 0.0795 e. The van der Waals surface area contributed by atoms with Crippen molar-refractivity contribution in [2.24, 2.45) is 22.2 Å². The van der Waals surface area contributed by atoms with E-state index in [4.69, 9.17) is 16.6 Å². The Balaban J connectivity index is 2.61. The highest BCUT2D eigenvalue weighted by Gasteiger charge is 2.21. The Hall–Kier alpha value is -2.20. The summed E-state index contributed by atoms with van der Waals surface area (Å²) in [7, 11) is 2.15. The monoisotopic (exact) mass is 412 g/mol. The first-order chi connectivity index (χ1) is 13.8. The van der Waals surface area contributed by atoms with Crippen molar-refractivity contribution in [2.75, 3.05) is 6.54 Å². The molecule has 0 saturated heterocycles. The Morgan fingerprint density at radius 1 is 1.03 bits per heavy atom. The largest absolute Gasteiger partial charge is 0.351 e. The van der Waals surface area contributed by atoms with Crippen LogP contribution in [0.4, 0.5) is 0 Å². The topological polar surface area (TPSA) is 42.0 Å². The molecular formula is C24H33ClN4. The van der Waals surface area contributed by atoms with E-state index >= 15 is 0 Å². The lowest BCUT2D eigenvalue weighted by Gasteiger charge is -2.12. The third-order valence-corrected chi connectivity index (χ3v) is 5.37. The molecule has 0 fully saturated rings. The zero-order valence-corrected chi connectivity index (χ0v) is 19.6. The molecule has 0 amide bonds. The van der Waals surface area contributed by atoms with Gasteiger partial charge in [0.2, 0.25) is 0 Å². The molecule has 1 aromatic carbocycles. The van der Waals surface area contributed by atoms with Crippen LogP contribution < -0.4 is 0 Å². The standard InChI is InChI=1S/C24H33ClN4/c1-8-9-10-22-23(18(5)19(6)29(22)7)24(20-11-13-21(25)14-12-20)26-15-17(4)28-27-16(2)3/h11-14H,8-10,15H2,1-7H3/b26-24?,28-17+. The minimum Gasteiger partial charge on any atom is -0.351 e. The molecule has 1 heterocycles. The van der Waals surface area contributed by atoms with Crippen LogP contribution in [0.3, 0.4) is 0 Å². The van der Waals surface area contributed by atoms with Gasteiger partial charge in [0.15, 0.2) is 0 Å². The molecule has 0 aliphatic rings. The van der Waals surface area contributed by atoms with Gasteiger partial charge in [0.1, 0.15) is 0 Å². The third-order valence-electron chi connectivity index (χ3n) is 5.12. The molecule has 1 aromatic heterocycles. The summed E-state index contributed by atoms with van der Waals surface area (Å²) in [6, 6.07) is 7.95. The highest BCUT2D eigenvalue weighted by Crippen LogP contribution is 2.27. The van der Waals surface area contributed by atoms with Crippen molar-refractivity contribution in [2.45, 2.75) is 60.8 Å². The van der Waals surface area contributed by atoms with Crippen LogP contribution in [0, 0.1) is 13.8 Å². The van der Waals surface area contributed by atoms with Gasteiger partial charge in [-0.25, -0.2) is 0 Å². The van der Waals surface area contributed by atoms with Crippen LogP contribution >= 0.6 is 11.6 Å². The van der Waals surface area contributed by atoms with Crippen molar-refractivity contribution in [3.05, 3.63) is 57.4 Å². The summed E-state index contributed by atoms with van der Waals surface area (Å²) in [5.74, 6) is 0. The van der Waals surface area contributed by atoms with Crippen molar-refractivity contribution in [1.82, 2.24) is 4.57 Å². The SMILES string of the molecule is CCCCc1c(C(=NC/C(C)=N/N=C(C)C)c2ccc(Cl)cc2)c(C)c(C)n1C. The van der Waals surface area contributed by atoms with Crippen molar-refractivity contribution in [3.8, 4) is 0 Å². The zero-order valence-electron chi connectivity index (χ0n) is 18.8. The number of rotatable bonds is 8. The predicted octanol–water partition coefficient (Wildman–Crippen LogP) is 6.33. The van der Waals surface area contributed by atoms with E-state index in [1.54, 1.807) is 0 Å². The van der Waals surface area contributed by atoms with Gasteiger partial charge in [0.05, 0.1) is 18.0 Å². The first kappa shape index (κ1) is 23.1. The molecule has 2 aromatic rings. The maximum absolute atomic E-state index is 6.14. The summed E-state index contributed by atoms with van der Waals surface area (Å²) in [6.07, 6.45) is 3.36. The number of aliphatic imine (C=N–C) groups is 1. The van der Waals surface area contributed by atoms with E-state index in [1.807, 2.05) is 45.0 Å². The molecule has 0 atom stereocenters. The number of benzene rings is 1. The average molecular weight is 413 g/mol. The number of nitrogens with zero attached hydrogens (tertiary/aromatic N) is 4. The maximum Gasteiger partial charge on any atom is 0.0795 e. The Morgan fingerprint density at radius 3 is 2.28 bits per heavy atom. The molecule has 0 spiro atoms. The lowest BCUT2D eigenvalue weighted by Crippen LogP contribution is -2.11. The number of hydrogen-bond donors (Lipinski definition) is 0. The molecule has 0 unspecified atom stereocenters. The van der Waals surface area contributed by atoms with E-state index in [2.05, 4.69) is 42.6 Å². The summed E-state index contributed by atoms with van der Waals surface area (Å²) in [6.45, 7) is 13.0. The number of aromatic nitrogens is 1. The van der Waals surface area contributed by atoms with Crippen molar-refractivity contribution in [1.29, 1.82) is 0 Å². The lowest BCUT2D eigenvalue weighted by atomic mass is 9.96. The van der Waals surface area contributed by atoms with E-state index in [0.717, 1.165) is 47.0 Å². The first-order valence-corrected chi connectivity index (χ1v) is 10.6. The van der Waals surface area contributed by atoms with Crippen LogP contribution in [0.2, 0.25) is 5.02 Å². The van der Waals surface area contributed by atoms with E-state index in [9.17, 15) is 0 Å². The molecule has 0 radical (unpaired) electrons. The zero-order chi connectivity index (χ0) is 21.6. The highest BCUT2D eigenvalue weighted by atomic mass is 35.5. The second-order valence-electron chi connectivity index (χ2n) is 7.75. The normalized spacial score (nSPS) is 12.4. The van der Waals surface area contributed by atoms with Gasteiger partial charge in [-0.3, -0.25) is 4.99 Å². The van der Waals surface area contributed by atoms with Gasteiger partial charge in [-0.15, -0.1) is 0 Å². The quantitative estimate of drug-likeness (QED) is 0.359. The van der Waals surface area contributed by atoms with Gasteiger partial charge in [-0.05, 0) is 65.2 Å². The van der Waals surface area contributed by atoms with Crippen LogP contribution in [0.25, 0.3) is 0 Å². The molecule has 5 heteroatoms. The predicted molar refractivity (Wildman–Crippen MR) is 127 cm³/mol. The molecule has 0 aliphatic heterocycles. The maximum atomic E-state index is 6.14. The highest BCUT2D eigenvalue weighted by molar-refractivity contribution is 6.30. The van der Waals surface area contributed by atoms with Gasteiger partial charge in [0, 0.05) is 40.3 Å². The summed E-state index contributed by atoms with van der Waals surface area (Å²) in [5.41, 5.74) is 9.04. The Morgan fingerprint density at radius 2 is 1.69 bits per heavy atom. The van der Waals surface area contributed by atoms with E-state index in [0.29, 0.717) is 6.54 Å². The molecule has 0 saturated carbocycles. The number of halogens is 1. The Bertz CT molecular complexity index is 927. The molecule has 4 nitrogen and oxygen atoms in total. The second kappa shape index (κ2) is 10.5. The van der Waals surface area contributed by atoms with Gasteiger partial charge >= 0.3 is 0 Å². The fourth-order valence-electron chi connectivity index (χ4n) is 3.30. The minimum absolute atomic E-state index is 0.509. The van der Waals surface area contributed by atoms with Crippen LogP contribution in [0.1, 0.15) is 68.6 Å². The fourth-order valence-corrected chi connectivity index (χ4v) is 3.43. The molecule has 0 aliphatic carbocycles. The van der Waals surface area contributed by atoms with Crippen LogP contribution in [-0.2, 0) is 13.5 Å². The van der Waals surface area contributed by atoms with Gasteiger partial charge < -0.3 is 4.57 Å². The average Bonchev–Trinajstić information content (AvgIpc) is 2.90. The molecule has 2 rings (SSSR count). The summed E-state index contributed by atoms with van der Waals surface area (Å²) in [5, 5.41) is 9.18. The minimum atomic E-state index is 0.509. The van der Waals surface area contributed by atoms with Gasteiger partial charge in [0.25, 0.3) is 0 Å². The fraction of sp³-hybridized carbons (Fsp3) is 0.458. The van der Waals surface area contributed by atoms with Crippen molar-refractivity contribution < 1.29 is 0 Å². The van der Waals surface area contributed by atoms with Gasteiger partial charge in [-0.2, -0.15) is 10.2 Å². The second-order valence-corrected chi connectivity index (χ2v) is 8.19. The molecule has 156 valence electrons.